The highest BCUT2D eigenvalue weighted by Gasteiger charge is 2.25. The van der Waals surface area contributed by atoms with Crippen molar-refractivity contribution in [3.05, 3.63) is 33.5 Å². The maximum Gasteiger partial charge on any atom is 0.267 e. The van der Waals surface area contributed by atoms with Crippen LogP contribution in [0.5, 0.6) is 0 Å². The van der Waals surface area contributed by atoms with E-state index in [4.69, 9.17) is 0 Å². The standard InChI is InChI=1S/C17H21N3O2S2/c1-11-6-12(2)9-20(8-11)15(21)7-13-10-24-17(18-13)19-16(22)14-4-3-5-23-14/h3-5,10-12H,6-9H2,1-2H3,(H,18,19,22). The second kappa shape index (κ2) is 7.44. The number of hydrogen-bond acceptors (Lipinski definition) is 5. The monoisotopic (exact) mass is 363 g/mol. The van der Waals surface area contributed by atoms with E-state index in [1.54, 1.807) is 6.07 Å². The largest absolute Gasteiger partial charge is 0.342 e. The van der Waals surface area contributed by atoms with E-state index in [0.29, 0.717) is 28.3 Å². The molecule has 1 saturated heterocycles. The zero-order valence-corrected chi connectivity index (χ0v) is 15.5. The van der Waals surface area contributed by atoms with Gasteiger partial charge in [0, 0.05) is 18.5 Å². The molecule has 24 heavy (non-hydrogen) atoms. The summed E-state index contributed by atoms with van der Waals surface area (Å²) in [4.78, 5) is 31.5. The van der Waals surface area contributed by atoms with Crippen LogP contribution in [0, 0.1) is 11.8 Å². The number of thiophene rings is 1. The maximum atomic E-state index is 12.5. The Morgan fingerprint density at radius 2 is 2.04 bits per heavy atom. The maximum absolute atomic E-state index is 12.5. The van der Waals surface area contributed by atoms with E-state index < -0.39 is 0 Å². The van der Waals surface area contributed by atoms with E-state index in [0.717, 1.165) is 18.8 Å². The van der Waals surface area contributed by atoms with Gasteiger partial charge < -0.3 is 4.90 Å². The lowest BCUT2D eigenvalue weighted by atomic mass is 9.92. The average Bonchev–Trinajstić information content (AvgIpc) is 3.18. The van der Waals surface area contributed by atoms with Crippen LogP contribution in [0.15, 0.2) is 22.9 Å². The third-order valence-corrected chi connectivity index (χ3v) is 5.75. The van der Waals surface area contributed by atoms with Crippen molar-refractivity contribution in [1.82, 2.24) is 9.88 Å². The number of carbonyl (C=O) groups is 2. The fourth-order valence-corrected chi connectivity index (χ4v) is 4.47. The zero-order valence-electron chi connectivity index (χ0n) is 13.8. The van der Waals surface area contributed by atoms with Gasteiger partial charge in [0.2, 0.25) is 5.91 Å². The molecule has 0 spiro atoms. The van der Waals surface area contributed by atoms with Crippen molar-refractivity contribution >= 4 is 39.6 Å². The van der Waals surface area contributed by atoms with Gasteiger partial charge in [-0.2, -0.15) is 0 Å². The lowest BCUT2D eigenvalue weighted by molar-refractivity contribution is -0.133. The minimum atomic E-state index is -0.157. The molecular formula is C17H21N3O2S2. The van der Waals surface area contributed by atoms with Crippen LogP contribution in [-0.2, 0) is 11.2 Å². The molecule has 3 heterocycles. The van der Waals surface area contributed by atoms with E-state index in [1.807, 2.05) is 21.7 Å². The molecule has 2 unspecified atom stereocenters. The fourth-order valence-electron chi connectivity index (χ4n) is 3.15. The Balaban J connectivity index is 1.57. The van der Waals surface area contributed by atoms with E-state index in [1.165, 1.54) is 29.1 Å². The Morgan fingerprint density at radius 3 is 2.71 bits per heavy atom. The predicted molar refractivity (Wildman–Crippen MR) is 97.6 cm³/mol. The highest BCUT2D eigenvalue weighted by Crippen LogP contribution is 2.23. The number of carbonyl (C=O) groups excluding carboxylic acids is 2. The Morgan fingerprint density at radius 1 is 1.29 bits per heavy atom. The number of likely N-dealkylation sites (tertiary alicyclic amines) is 1. The fraction of sp³-hybridized carbons (Fsp3) is 0.471. The van der Waals surface area contributed by atoms with Crippen LogP contribution < -0.4 is 5.32 Å². The molecule has 0 bridgehead atoms. The molecule has 2 aromatic heterocycles. The van der Waals surface area contributed by atoms with Crippen molar-refractivity contribution in [2.45, 2.75) is 26.7 Å². The van der Waals surface area contributed by atoms with Crippen molar-refractivity contribution in [3.8, 4) is 0 Å². The van der Waals surface area contributed by atoms with E-state index >= 15 is 0 Å². The first-order valence-corrected chi connectivity index (χ1v) is 9.84. The minimum Gasteiger partial charge on any atom is -0.342 e. The molecule has 7 heteroatoms. The molecule has 128 valence electrons. The summed E-state index contributed by atoms with van der Waals surface area (Å²) in [5, 5.41) is 7.03. The van der Waals surface area contributed by atoms with Gasteiger partial charge in [0.1, 0.15) is 0 Å². The molecule has 1 N–H and O–H groups in total. The first-order chi connectivity index (χ1) is 11.5. The van der Waals surface area contributed by atoms with Crippen LogP contribution >= 0.6 is 22.7 Å². The molecule has 2 amide bonds. The van der Waals surface area contributed by atoms with Gasteiger partial charge in [-0.05, 0) is 29.7 Å². The van der Waals surface area contributed by atoms with Crippen molar-refractivity contribution in [2.75, 3.05) is 18.4 Å². The van der Waals surface area contributed by atoms with Gasteiger partial charge in [-0.3, -0.25) is 14.9 Å². The third-order valence-electron chi connectivity index (χ3n) is 4.07. The Bertz CT molecular complexity index is 701. The Hall–Kier alpha value is -1.73. The normalized spacial score (nSPS) is 20.8. The number of thiazole rings is 1. The number of hydrogen-bond donors (Lipinski definition) is 1. The summed E-state index contributed by atoms with van der Waals surface area (Å²) in [5.74, 6) is 1.06. The number of nitrogens with zero attached hydrogens (tertiary/aromatic N) is 2. The first-order valence-electron chi connectivity index (χ1n) is 8.08. The van der Waals surface area contributed by atoms with Crippen LogP contribution in [0.25, 0.3) is 0 Å². The minimum absolute atomic E-state index is 0.120. The lowest BCUT2D eigenvalue weighted by Crippen LogP contribution is -2.43. The third kappa shape index (κ3) is 4.21. The van der Waals surface area contributed by atoms with Crippen LogP contribution in [0.2, 0.25) is 0 Å². The molecule has 3 rings (SSSR count). The molecule has 1 fully saturated rings. The van der Waals surface area contributed by atoms with Gasteiger partial charge in [-0.25, -0.2) is 4.98 Å². The smallest absolute Gasteiger partial charge is 0.267 e. The highest BCUT2D eigenvalue weighted by molar-refractivity contribution is 7.14. The quantitative estimate of drug-likeness (QED) is 0.904. The molecule has 2 aromatic rings. The summed E-state index contributed by atoms with van der Waals surface area (Å²) in [6.45, 7) is 6.04. The van der Waals surface area contributed by atoms with Crippen molar-refractivity contribution in [3.63, 3.8) is 0 Å². The number of anilines is 1. The molecule has 2 atom stereocenters. The summed E-state index contributed by atoms with van der Waals surface area (Å²) in [6, 6.07) is 3.61. The van der Waals surface area contributed by atoms with Gasteiger partial charge in [0.05, 0.1) is 17.0 Å². The second-order valence-electron chi connectivity index (χ2n) is 6.50. The highest BCUT2D eigenvalue weighted by atomic mass is 32.1. The van der Waals surface area contributed by atoms with Crippen LogP contribution in [0.4, 0.5) is 5.13 Å². The van der Waals surface area contributed by atoms with Gasteiger partial charge in [0.25, 0.3) is 5.91 Å². The average molecular weight is 364 g/mol. The summed E-state index contributed by atoms with van der Waals surface area (Å²) < 4.78 is 0. The van der Waals surface area contributed by atoms with Gasteiger partial charge >= 0.3 is 0 Å². The Labute approximate surface area is 149 Å². The summed E-state index contributed by atoms with van der Waals surface area (Å²) in [5.41, 5.74) is 0.720. The number of aromatic nitrogens is 1. The molecule has 0 saturated carbocycles. The summed E-state index contributed by atoms with van der Waals surface area (Å²) in [6.07, 6.45) is 1.48. The zero-order chi connectivity index (χ0) is 17.1. The van der Waals surface area contributed by atoms with E-state index in [9.17, 15) is 9.59 Å². The van der Waals surface area contributed by atoms with Gasteiger partial charge in [0.15, 0.2) is 5.13 Å². The van der Waals surface area contributed by atoms with E-state index in [-0.39, 0.29) is 11.8 Å². The first kappa shape index (κ1) is 17.1. The molecule has 1 aliphatic rings. The topological polar surface area (TPSA) is 62.3 Å². The van der Waals surface area contributed by atoms with E-state index in [2.05, 4.69) is 24.1 Å². The Kier molecular flexibility index (Phi) is 5.30. The van der Waals surface area contributed by atoms with Crippen molar-refractivity contribution < 1.29 is 9.59 Å². The number of amides is 2. The molecule has 0 aliphatic carbocycles. The number of piperidine rings is 1. The summed E-state index contributed by atoms with van der Waals surface area (Å²) in [7, 11) is 0. The van der Waals surface area contributed by atoms with Crippen molar-refractivity contribution in [2.24, 2.45) is 11.8 Å². The van der Waals surface area contributed by atoms with Crippen LogP contribution in [0.1, 0.15) is 35.6 Å². The predicted octanol–water partition coefficient (Wildman–Crippen LogP) is 3.50. The lowest BCUT2D eigenvalue weighted by Gasteiger charge is -2.35. The molecular weight excluding hydrogens is 342 g/mol. The molecule has 5 nitrogen and oxygen atoms in total. The van der Waals surface area contributed by atoms with Gasteiger partial charge in [-0.15, -0.1) is 22.7 Å². The van der Waals surface area contributed by atoms with Gasteiger partial charge in [-0.1, -0.05) is 19.9 Å². The van der Waals surface area contributed by atoms with Crippen LogP contribution in [0.3, 0.4) is 0 Å². The number of rotatable bonds is 4. The molecule has 1 aliphatic heterocycles. The second-order valence-corrected chi connectivity index (χ2v) is 8.30. The SMILES string of the molecule is CC1CC(C)CN(C(=O)Cc2csc(NC(=O)c3cccs3)n2)C1. The molecule has 0 radical (unpaired) electrons. The number of nitrogens with one attached hydrogen (secondary N) is 1. The summed E-state index contributed by atoms with van der Waals surface area (Å²) >= 11 is 2.75. The van der Waals surface area contributed by atoms with Crippen molar-refractivity contribution in [1.29, 1.82) is 0 Å². The molecule has 0 aromatic carbocycles. The van der Waals surface area contributed by atoms with Crippen LogP contribution in [-0.4, -0.2) is 34.8 Å².